The first kappa shape index (κ1) is 13.9. The molecule has 1 aromatic heterocycles. The van der Waals surface area contributed by atoms with Crippen LogP contribution in [0.4, 0.5) is 0 Å². The van der Waals surface area contributed by atoms with Gasteiger partial charge in [-0.2, -0.15) is 11.8 Å². The minimum atomic E-state index is -0.132. The number of rotatable bonds is 4. The van der Waals surface area contributed by atoms with E-state index < -0.39 is 0 Å². The highest BCUT2D eigenvalue weighted by molar-refractivity contribution is 7.98. The van der Waals surface area contributed by atoms with Gasteiger partial charge < -0.3 is 14.8 Å². The highest BCUT2D eigenvalue weighted by Gasteiger charge is 2.21. The Morgan fingerprint density at radius 1 is 1.45 bits per heavy atom. The number of fused-ring (bicyclic) bond motifs is 2. The van der Waals surface area contributed by atoms with Gasteiger partial charge in [-0.1, -0.05) is 11.6 Å². The summed E-state index contributed by atoms with van der Waals surface area (Å²) in [6, 6.07) is 3.70. The van der Waals surface area contributed by atoms with Gasteiger partial charge in [-0.05, 0) is 12.3 Å². The first-order valence-electron chi connectivity index (χ1n) is 5.99. The number of amides is 1. The van der Waals surface area contributed by atoms with Crippen LogP contribution in [0.3, 0.4) is 0 Å². The molecular formula is C13H12ClNO3S2. The molecule has 0 unspecified atom stereocenters. The molecule has 20 heavy (non-hydrogen) atoms. The predicted octanol–water partition coefficient (Wildman–Crippen LogP) is 3.38. The van der Waals surface area contributed by atoms with E-state index in [0.717, 1.165) is 15.8 Å². The fourth-order valence-electron chi connectivity index (χ4n) is 1.95. The Labute approximate surface area is 129 Å². The summed E-state index contributed by atoms with van der Waals surface area (Å²) in [6.07, 6.45) is 2.00. The molecule has 0 fully saturated rings. The van der Waals surface area contributed by atoms with E-state index in [1.54, 1.807) is 11.8 Å². The largest absolute Gasteiger partial charge is 0.454 e. The predicted molar refractivity (Wildman–Crippen MR) is 83.7 cm³/mol. The number of hydrogen-bond acceptors (Lipinski definition) is 5. The average Bonchev–Trinajstić information content (AvgIpc) is 3.01. The van der Waals surface area contributed by atoms with E-state index >= 15 is 0 Å². The molecule has 1 aliphatic rings. The molecule has 0 spiro atoms. The third-order valence-corrected chi connectivity index (χ3v) is 5.19. The lowest BCUT2D eigenvalue weighted by molar-refractivity contribution is 0.0960. The summed E-state index contributed by atoms with van der Waals surface area (Å²) in [5, 5.41) is 4.17. The molecule has 3 rings (SSSR count). The minimum Gasteiger partial charge on any atom is -0.454 e. The molecule has 2 heterocycles. The molecule has 0 bridgehead atoms. The van der Waals surface area contributed by atoms with Crippen LogP contribution in [0, 0.1) is 0 Å². The van der Waals surface area contributed by atoms with Crippen molar-refractivity contribution >= 4 is 50.7 Å². The Bertz CT molecular complexity index is 671. The second kappa shape index (κ2) is 5.71. The molecular weight excluding hydrogens is 318 g/mol. The van der Waals surface area contributed by atoms with Crippen molar-refractivity contribution in [1.82, 2.24) is 5.32 Å². The Hall–Kier alpha value is -1.11. The first-order valence-corrected chi connectivity index (χ1v) is 8.58. The average molecular weight is 330 g/mol. The van der Waals surface area contributed by atoms with E-state index in [1.807, 2.05) is 18.4 Å². The topological polar surface area (TPSA) is 47.6 Å². The summed E-state index contributed by atoms with van der Waals surface area (Å²) in [6.45, 7) is 0.861. The molecule has 0 saturated heterocycles. The molecule has 0 saturated carbocycles. The second-order valence-corrected chi connectivity index (χ2v) is 6.61. The molecule has 0 atom stereocenters. The van der Waals surface area contributed by atoms with Crippen molar-refractivity contribution in [1.29, 1.82) is 0 Å². The number of nitrogens with one attached hydrogen (secondary N) is 1. The fraction of sp³-hybridized carbons (Fsp3) is 0.308. The highest BCUT2D eigenvalue weighted by Crippen LogP contribution is 2.43. The van der Waals surface area contributed by atoms with E-state index in [9.17, 15) is 4.79 Å². The van der Waals surface area contributed by atoms with Gasteiger partial charge in [0.1, 0.15) is 4.88 Å². The van der Waals surface area contributed by atoms with Crippen molar-refractivity contribution in [2.24, 2.45) is 0 Å². The monoisotopic (exact) mass is 329 g/mol. The molecule has 1 amide bonds. The van der Waals surface area contributed by atoms with E-state index in [2.05, 4.69) is 5.32 Å². The fourth-order valence-corrected chi connectivity index (χ4v) is 3.69. The quantitative estimate of drug-likeness (QED) is 0.874. The molecule has 4 nitrogen and oxygen atoms in total. The van der Waals surface area contributed by atoms with Crippen LogP contribution >= 0.6 is 34.7 Å². The van der Waals surface area contributed by atoms with Crippen molar-refractivity contribution in [3.63, 3.8) is 0 Å². The van der Waals surface area contributed by atoms with Crippen molar-refractivity contribution in [2.45, 2.75) is 0 Å². The highest BCUT2D eigenvalue weighted by atomic mass is 35.5. The Balaban J connectivity index is 1.93. The first-order chi connectivity index (χ1) is 9.70. The molecule has 1 aromatic carbocycles. The summed E-state index contributed by atoms with van der Waals surface area (Å²) in [4.78, 5) is 12.6. The number of carbonyl (C=O) groups excluding carboxylic acids is 1. The number of hydrogen-bond donors (Lipinski definition) is 1. The number of carbonyl (C=O) groups is 1. The number of thioether (sulfide) groups is 1. The van der Waals surface area contributed by atoms with Crippen molar-refractivity contribution in [3.8, 4) is 11.5 Å². The summed E-state index contributed by atoms with van der Waals surface area (Å²) >= 11 is 9.37. The van der Waals surface area contributed by atoms with Crippen LogP contribution in [0.5, 0.6) is 11.5 Å². The minimum absolute atomic E-state index is 0.132. The smallest absolute Gasteiger partial charge is 0.262 e. The standard InChI is InChI=1S/C13H12ClNO3S2/c1-19-3-2-15-13(16)12-11(14)7-4-8-9(18-6-17-8)5-10(7)20-12/h4-5H,2-3,6H2,1H3,(H,15,16). The van der Waals surface area contributed by atoms with E-state index in [1.165, 1.54) is 11.3 Å². The third-order valence-electron chi connectivity index (χ3n) is 2.92. The van der Waals surface area contributed by atoms with Crippen LogP contribution in [0.25, 0.3) is 10.1 Å². The van der Waals surface area contributed by atoms with Crippen LogP contribution in [-0.4, -0.2) is 31.3 Å². The number of benzene rings is 1. The van der Waals surface area contributed by atoms with Crippen molar-refractivity contribution in [2.75, 3.05) is 25.3 Å². The molecule has 1 N–H and O–H groups in total. The normalized spacial score (nSPS) is 12.9. The van der Waals surface area contributed by atoms with Gasteiger partial charge in [0.25, 0.3) is 5.91 Å². The second-order valence-electron chi connectivity index (χ2n) is 4.20. The molecule has 106 valence electrons. The Kier molecular flexibility index (Phi) is 3.96. The molecule has 2 aromatic rings. The molecule has 0 aliphatic carbocycles. The van der Waals surface area contributed by atoms with Gasteiger partial charge in [-0.15, -0.1) is 11.3 Å². The summed E-state index contributed by atoms with van der Waals surface area (Å²) < 4.78 is 11.6. The summed E-state index contributed by atoms with van der Waals surface area (Å²) in [7, 11) is 0. The van der Waals surface area contributed by atoms with E-state index in [0.29, 0.717) is 27.9 Å². The summed E-state index contributed by atoms with van der Waals surface area (Å²) in [5.74, 6) is 2.12. The van der Waals surface area contributed by atoms with Gasteiger partial charge in [0.05, 0.1) is 5.02 Å². The Morgan fingerprint density at radius 3 is 2.95 bits per heavy atom. The van der Waals surface area contributed by atoms with Gasteiger partial charge in [0, 0.05) is 28.5 Å². The lowest BCUT2D eigenvalue weighted by atomic mass is 10.2. The van der Waals surface area contributed by atoms with Crippen LogP contribution in [-0.2, 0) is 0 Å². The zero-order valence-electron chi connectivity index (χ0n) is 10.7. The maximum atomic E-state index is 12.1. The maximum absolute atomic E-state index is 12.1. The maximum Gasteiger partial charge on any atom is 0.262 e. The SMILES string of the molecule is CSCCNC(=O)c1sc2cc3c(cc2c1Cl)OCO3. The summed E-state index contributed by atoms with van der Waals surface area (Å²) in [5.41, 5.74) is 0. The Morgan fingerprint density at radius 2 is 2.20 bits per heavy atom. The third kappa shape index (κ3) is 2.43. The number of halogens is 1. The van der Waals surface area contributed by atoms with Gasteiger partial charge in [-0.25, -0.2) is 0 Å². The van der Waals surface area contributed by atoms with E-state index in [-0.39, 0.29) is 12.7 Å². The van der Waals surface area contributed by atoms with Crippen molar-refractivity contribution < 1.29 is 14.3 Å². The molecule has 0 radical (unpaired) electrons. The van der Waals surface area contributed by atoms with Crippen LogP contribution in [0.2, 0.25) is 5.02 Å². The van der Waals surface area contributed by atoms with Crippen molar-refractivity contribution in [3.05, 3.63) is 22.0 Å². The molecule has 7 heteroatoms. The van der Waals surface area contributed by atoms with Gasteiger partial charge in [-0.3, -0.25) is 4.79 Å². The number of thiophene rings is 1. The van der Waals surface area contributed by atoms with Gasteiger partial charge in [0.15, 0.2) is 11.5 Å². The lowest BCUT2D eigenvalue weighted by Crippen LogP contribution is -2.25. The zero-order chi connectivity index (χ0) is 14.1. The van der Waals surface area contributed by atoms with E-state index in [4.69, 9.17) is 21.1 Å². The van der Waals surface area contributed by atoms with Gasteiger partial charge in [0.2, 0.25) is 6.79 Å². The van der Waals surface area contributed by atoms with Crippen LogP contribution in [0.15, 0.2) is 12.1 Å². The van der Waals surface area contributed by atoms with Gasteiger partial charge >= 0.3 is 0 Å². The zero-order valence-corrected chi connectivity index (χ0v) is 13.1. The number of ether oxygens (including phenoxy) is 2. The van der Waals surface area contributed by atoms with Crippen LogP contribution < -0.4 is 14.8 Å². The lowest BCUT2D eigenvalue weighted by Gasteiger charge is -2.01. The molecule has 1 aliphatic heterocycles. The van der Waals surface area contributed by atoms with Crippen LogP contribution in [0.1, 0.15) is 9.67 Å².